The maximum absolute atomic E-state index is 12.7. The van der Waals surface area contributed by atoms with E-state index in [0.29, 0.717) is 25.7 Å². The van der Waals surface area contributed by atoms with Gasteiger partial charge >= 0.3 is 5.97 Å². The van der Waals surface area contributed by atoms with E-state index >= 15 is 0 Å². The number of carboxylic acid groups (broad SMARTS) is 1. The van der Waals surface area contributed by atoms with Crippen molar-refractivity contribution >= 4 is 34.7 Å². The van der Waals surface area contributed by atoms with Gasteiger partial charge in [-0.05, 0) is 57.1 Å². The lowest BCUT2D eigenvalue weighted by Gasteiger charge is -2.47. The van der Waals surface area contributed by atoms with E-state index in [1.165, 1.54) is 11.3 Å². The molecule has 0 bridgehead atoms. The molecule has 7 heteroatoms. The molecule has 5 nitrogen and oxygen atoms in total. The molecule has 1 aromatic rings. The van der Waals surface area contributed by atoms with Gasteiger partial charge in [0.15, 0.2) is 0 Å². The molecule has 0 amide bonds. The first-order valence-corrected chi connectivity index (χ1v) is 13.4. The Labute approximate surface area is 212 Å². The maximum Gasteiger partial charge on any atom is 0.303 e. The van der Waals surface area contributed by atoms with Gasteiger partial charge < -0.3 is 14.6 Å². The zero-order valence-corrected chi connectivity index (χ0v) is 21.8. The second-order valence-electron chi connectivity index (χ2n) is 9.61. The van der Waals surface area contributed by atoms with Crippen LogP contribution in [0.3, 0.4) is 0 Å². The Morgan fingerprint density at radius 3 is 2.68 bits per heavy atom. The topological polar surface area (TPSA) is 72.8 Å². The Bertz CT molecular complexity index is 872. The summed E-state index contributed by atoms with van der Waals surface area (Å²) in [4.78, 5) is 24.6. The first kappa shape index (κ1) is 27.1. The number of ketones is 1. The molecule has 2 saturated carbocycles. The predicted octanol–water partition coefficient (Wildman–Crippen LogP) is 6.50. The molecule has 1 heterocycles. The third kappa shape index (κ3) is 7.03. The van der Waals surface area contributed by atoms with Crippen molar-refractivity contribution in [2.45, 2.75) is 76.4 Å². The van der Waals surface area contributed by atoms with Gasteiger partial charge in [-0.25, -0.2) is 0 Å². The van der Waals surface area contributed by atoms with Crippen molar-refractivity contribution < 1.29 is 24.2 Å². The van der Waals surface area contributed by atoms with E-state index < -0.39 is 5.97 Å². The molecule has 0 radical (unpaired) electrons. The average Bonchev–Trinajstić information content (AvgIpc) is 3.33. The standard InChI is InChI=1S/C27H37ClO5S/c1-32-23-17-22(29)20(9-5-3-4-6-12-26(30)31)21(23)10-7-11-24(33-2)27(15-8-16-27)18-19-13-14-25(28)34-19/h3,5,7,10,13-14,20-21,23-24H,4,6,8-9,11-12,15-18H2,1-2H3,(H,30,31)/b5-3-,10-7+/t20-,21-,23-,24?/m1/s1. The Balaban J connectivity index is 1.60. The molecular weight excluding hydrogens is 472 g/mol. The van der Waals surface area contributed by atoms with Crippen molar-refractivity contribution in [2.75, 3.05) is 14.2 Å². The number of methoxy groups -OCH3 is 2. The number of aliphatic carboxylic acids is 1. The number of ether oxygens (including phenoxy) is 2. The van der Waals surface area contributed by atoms with Gasteiger partial charge in [-0.3, -0.25) is 9.59 Å². The Kier molecular flexibility index (Phi) is 10.4. The van der Waals surface area contributed by atoms with E-state index in [1.54, 1.807) is 25.6 Å². The molecule has 0 saturated heterocycles. The molecule has 1 aromatic heterocycles. The minimum Gasteiger partial charge on any atom is -0.481 e. The summed E-state index contributed by atoms with van der Waals surface area (Å²) in [5, 5.41) is 8.75. The van der Waals surface area contributed by atoms with Gasteiger partial charge in [0.25, 0.3) is 0 Å². The van der Waals surface area contributed by atoms with Crippen LogP contribution in [0.25, 0.3) is 0 Å². The lowest BCUT2D eigenvalue weighted by atomic mass is 9.62. The van der Waals surface area contributed by atoms with E-state index in [1.807, 2.05) is 18.2 Å². The normalized spacial score (nSPS) is 25.3. The van der Waals surface area contributed by atoms with Crippen LogP contribution >= 0.6 is 22.9 Å². The summed E-state index contributed by atoms with van der Waals surface area (Å²) in [5.74, 6) is -0.578. The van der Waals surface area contributed by atoms with Gasteiger partial charge in [0.05, 0.1) is 16.5 Å². The van der Waals surface area contributed by atoms with E-state index in [-0.39, 0.29) is 41.7 Å². The molecule has 4 atom stereocenters. The molecule has 0 spiro atoms. The van der Waals surface area contributed by atoms with Crippen molar-refractivity contribution in [1.82, 2.24) is 0 Å². The molecule has 2 fully saturated rings. The highest BCUT2D eigenvalue weighted by Gasteiger charge is 2.44. The summed E-state index contributed by atoms with van der Waals surface area (Å²) in [6, 6.07) is 4.10. The number of allylic oxidation sites excluding steroid dienone is 2. The van der Waals surface area contributed by atoms with Crippen molar-refractivity contribution in [3.8, 4) is 0 Å². The summed E-state index contributed by atoms with van der Waals surface area (Å²) >= 11 is 7.81. The van der Waals surface area contributed by atoms with Gasteiger partial charge in [-0.2, -0.15) is 0 Å². The molecular formula is C27H37ClO5S. The van der Waals surface area contributed by atoms with Crippen LogP contribution in [-0.4, -0.2) is 43.3 Å². The zero-order chi connectivity index (χ0) is 24.6. The number of Topliss-reactive ketones (excluding diaryl/α,β-unsaturated/α-hetero) is 1. The Morgan fingerprint density at radius 1 is 1.29 bits per heavy atom. The lowest BCUT2D eigenvalue weighted by molar-refractivity contribution is -0.137. The number of rotatable bonds is 14. The average molecular weight is 509 g/mol. The Morgan fingerprint density at radius 2 is 2.09 bits per heavy atom. The van der Waals surface area contributed by atoms with E-state index in [2.05, 4.69) is 18.2 Å². The second kappa shape index (κ2) is 13.0. The number of carbonyl (C=O) groups excluding carboxylic acids is 1. The van der Waals surface area contributed by atoms with E-state index in [0.717, 1.165) is 30.0 Å². The number of unbranched alkanes of at least 4 members (excludes halogenated alkanes) is 1. The highest BCUT2D eigenvalue weighted by molar-refractivity contribution is 7.16. The summed E-state index contributed by atoms with van der Waals surface area (Å²) < 4.78 is 12.5. The second-order valence-corrected chi connectivity index (χ2v) is 11.4. The van der Waals surface area contributed by atoms with Crippen LogP contribution in [0.2, 0.25) is 4.34 Å². The highest BCUT2D eigenvalue weighted by Crippen LogP contribution is 2.49. The van der Waals surface area contributed by atoms with Crippen molar-refractivity contribution in [3.63, 3.8) is 0 Å². The molecule has 1 unspecified atom stereocenters. The fourth-order valence-electron chi connectivity index (χ4n) is 5.47. The minimum atomic E-state index is -0.773. The minimum absolute atomic E-state index is 0.0483. The summed E-state index contributed by atoms with van der Waals surface area (Å²) in [6.45, 7) is 0. The van der Waals surface area contributed by atoms with Crippen LogP contribution in [0.4, 0.5) is 0 Å². The smallest absolute Gasteiger partial charge is 0.303 e. The van der Waals surface area contributed by atoms with Crippen LogP contribution in [-0.2, 0) is 25.5 Å². The summed E-state index contributed by atoms with van der Waals surface area (Å²) in [5.41, 5.74) is 0.150. The van der Waals surface area contributed by atoms with Gasteiger partial charge in [-0.1, -0.05) is 42.3 Å². The monoisotopic (exact) mass is 508 g/mol. The van der Waals surface area contributed by atoms with Crippen LogP contribution < -0.4 is 0 Å². The van der Waals surface area contributed by atoms with Gasteiger partial charge in [-0.15, -0.1) is 11.3 Å². The molecule has 0 aliphatic heterocycles. The largest absolute Gasteiger partial charge is 0.481 e. The quantitative estimate of drug-likeness (QED) is 0.229. The number of hydrogen-bond acceptors (Lipinski definition) is 5. The molecule has 1 N–H and O–H groups in total. The van der Waals surface area contributed by atoms with Gasteiger partial charge in [0, 0.05) is 49.2 Å². The fourth-order valence-corrected chi connectivity index (χ4v) is 6.71. The van der Waals surface area contributed by atoms with Gasteiger partial charge in [0.2, 0.25) is 0 Å². The fraction of sp³-hybridized carbons (Fsp3) is 0.630. The van der Waals surface area contributed by atoms with Crippen molar-refractivity contribution in [1.29, 1.82) is 0 Å². The first-order valence-electron chi connectivity index (χ1n) is 12.2. The molecule has 2 aliphatic carbocycles. The number of hydrogen-bond donors (Lipinski definition) is 1. The number of carbonyl (C=O) groups is 2. The van der Waals surface area contributed by atoms with Gasteiger partial charge in [0.1, 0.15) is 5.78 Å². The Hall–Kier alpha value is -1.47. The molecule has 0 aromatic carbocycles. The van der Waals surface area contributed by atoms with Crippen LogP contribution in [0.1, 0.15) is 62.7 Å². The zero-order valence-electron chi connectivity index (χ0n) is 20.2. The number of carboxylic acids is 1. The number of halogens is 1. The molecule has 2 aliphatic rings. The summed E-state index contributed by atoms with van der Waals surface area (Å²) in [7, 11) is 3.48. The van der Waals surface area contributed by atoms with E-state index in [9.17, 15) is 9.59 Å². The first-order chi connectivity index (χ1) is 16.4. The third-order valence-corrected chi connectivity index (χ3v) is 8.74. The van der Waals surface area contributed by atoms with Crippen molar-refractivity contribution in [2.24, 2.45) is 17.3 Å². The van der Waals surface area contributed by atoms with Crippen molar-refractivity contribution in [3.05, 3.63) is 45.7 Å². The lowest BCUT2D eigenvalue weighted by Crippen LogP contribution is -2.44. The summed E-state index contributed by atoms with van der Waals surface area (Å²) in [6.07, 6.45) is 16.4. The maximum atomic E-state index is 12.7. The van der Waals surface area contributed by atoms with Crippen LogP contribution in [0.15, 0.2) is 36.4 Å². The molecule has 3 rings (SSSR count). The third-order valence-electron chi connectivity index (χ3n) is 7.51. The predicted molar refractivity (Wildman–Crippen MR) is 137 cm³/mol. The SMILES string of the molecule is COC(C/C=C/[C@H]1[C@H](OC)CC(=O)[C@@H]1C/C=C\CCCC(=O)O)C1(Cc2ccc(Cl)s2)CCC1. The highest BCUT2D eigenvalue weighted by atomic mass is 35.5. The van der Waals surface area contributed by atoms with Crippen LogP contribution in [0, 0.1) is 17.3 Å². The molecule has 34 heavy (non-hydrogen) atoms. The van der Waals surface area contributed by atoms with E-state index in [4.69, 9.17) is 26.2 Å². The molecule has 188 valence electrons. The number of thiophene rings is 1. The van der Waals surface area contributed by atoms with Crippen LogP contribution in [0.5, 0.6) is 0 Å².